The van der Waals surface area contributed by atoms with Gasteiger partial charge < -0.3 is 4.74 Å². The van der Waals surface area contributed by atoms with Gasteiger partial charge in [-0.05, 0) is 31.6 Å². The molecule has 0 saturated carbocycles. The molecule has 1 heterocycles. The van der Waals surface area contributed by atoms with E-state index in [0.29, 0.717) is 6.42 Å². The van der Waals surface area contributed by atoms with Crippen LogP contribution in [0.1, 0.15) is 46.0 Å². The summed E-state index contributed by atoms with van der Waals surface area (Å²) in [7, 11) is 0. The van der Waals surface area contributed by atoms with E-state index in [-0.39, 0.29) is 17.8 Å². The van der Waals surface area contributed by atoms with E-state index in [2.05, 4.69) is 6.07 Å². The molecule has 90 valence electrons. The average molecular weight is 223 g/mol. The third-order valence-electron chi connectivity index (χ3n) is 3.14. The summed E-state index contributed by atoms with van der Waals surface area (Å²) in [5, 5.41) is 8.90. The van der Waals surface area contributed by atoms with Gasteiger partial charge in [0.05, 0.1) is 12.2 Å². The van der Waals surface area contributed by atoms with Gasteiger partial charge in [0, 0.05) is 13.0 Å². The van der Waals surface area contributed by atoms with Crippen molar-refractivity contribution >= 4 is 5.78 Å². The van der Waals surface area contributed by atoms with E-state index in [1.807, 2.05) is 13.8 Å². The van der Waals surface area contributed by atoms with Gasteiger partial charge >= 0.3 is 0 Å². The van der Waals surface area contributed by atoms with Gasteiger partial charge in [0.2, 0.25) is 0 Å². The Morgan fingerprint density at radius 1 is 1.50 bits per heavy atom. The zero-order valence-electron chi connectivity index (χ0n) is 10.2. The van der Waals surface area contributed by atoms with Gasteiger partial charge in [0.1, 0.15) is 11.7 Å². The number of rotatable bonds is 5. The topological polar surface area (TPSA) is 50.1 Å². The molecule has 1 saturated heterocycles. The van der Waals surface area contributed by atoms with Crippen LogP contribution in [0, 0.1) is 23.2 Å². The largest absolute Gasteiger partial charge is 0.378 e. The van der Waals surface area contributed by atoms with Crippen LogP contribution in [-0.4, -0.2) is 18.5 Å². The van der Waals surface area contributed by atoms with Crippen molar-refractivity contribution in [1.29, 1.82) is 5.26 Å². The summed E-state index contributed by atoms with van der Waals surface area (Å²) >= 11 is 0. The minimum atomic E-state index is -0.441. The van der Waals surface area contributed by atoms with E-state index in [1.54, 1.807) is 0 Å². The summed E-state index contributed by atoms with van der Waals surface area (Å²) in [6.07, 6.45) is 4.91. The summed E-state index contributed by atoms with van der Waals surface area (Å²) in [5.74, 6) is -0.250. The fourth-order valence-electron chi connectivity index (χ4n) is 2.09. The molecular formula is C13H21NO2. The first-order valence-corrected chi connectivity index (χ1v) is 6.19. The zero-order valence-corrected chi connectivity index (χ0v) is 10.2. The lowest BCUT2D eigenvalue weighted by atomic mass is 9.89. The number of nitriles is 1. The van der Waals surface area contributed by atoms with Crippen LogP contribution in [-0.2, 0) is 9.53 Å². The molecule has 2 atom stereocenters. The molecule has 0 amide bonds. The number of hydrogen-bond acceptors (Lipinski definition) is 3. The molecule has 0 aromatic carbocycles. The van der Waals surface area contributed by atoms with Crippen LogP contribution in [0.25, 0.3) is 0 Å². The predicted molar refractivity (Wildman–Crippen MR) is 61.8 cm³/mol. The lowest BCUT2D eigenvalue weighted by molar-refractivity contribution is -0.123. The highest BCUT2D eigenvalue weighted by molar-refractivity contribution is 5.83. The summed E-state index contributed by atoms with van der Waals surface area (Å²) in [6, 6.07) is 2.10. The molecule has 3 heteroatoms. The van der Waals surface area contributed by atoms with Crippen LogP contribution in [0.2, 0.25) is 0 Å². The molecule has 0 radical (unpaired) electrons. The average Bonchev–Trinajstić information content (AvgIpc) is 2.28. The molecule has 0 spiro atoms. The minimum absolute atomic E-state index is 0.0756. The van der Waals surface area contributed by atoms with E-state index in [4.69, 9.17) is 10.00 Å². The van der Waals surface area contributed by atoms with Gasteiger partial charge in [-0.2, -0.15) is 5.26 Å². The maximum absolute atomic E-state index is 11.8. The fourth-order valence-corrected chi connectivity index (χ4v) is 2.09. The zero-order chi connectivity index (χ0) is 12.0. The van der Waals surface area contributed by atoms with Crippen molar-refractivity contribution in [3.63, 3.8) is 0 Å². The molecule has 1 aliphatic heterocycles. The Hall–Kier alpha value is -0.880. The highest BCUT2D eigenvalue weighted by Crippen LogP contribution is 2.20. The number of hydrogen-bond donors (Lipinski definition) is 0. The van der Waals surface area contributed by atoms with E-state index >= 15 is 0 Å². The Labute approximate surface area is 97.8 Å². The Morgan fingerprint density at radius 3 is 2.75 bits per heavy atom. The van der Waals surface area contributed by atoms with Crippen LogP contribution in [0.15, 0.2) is 0 Å². The number of nitrogens with zero attached hydrogens (tertiary/aromatic N) is 1. The van der Waals surface area contributed by atoms with Crippen molar-refractivity contribution in [2.24, 2.45) is 11.8 Å². The molecule has 0 aromatic rings. The molecule has 0 aliphatic carbocycles. The first-order valence-electron chi connectivity index (χ1n) is 6.19. The number of carbonyl (C=O) groups excluding carboxylic acids is 1. The third kappa shape index (κ3) is 3.94. The second-order valence-corrected chi connectivity index (χ2v) is 4.84. The Morgan fingerprint density at radius 2 is 2.25 bits per heavy atom. The quantitative estimate of drug-likeness (QED) is 0.720. The molecule has 0 aromatic heterocycles. The molecule has 16 heavy (non-hydrogen) atoms. The van der Waals surface area contributed by atoms with Gasteiger partial charge in [-0.15, -0.1) is 0 Å². The van der Waals surface area contributed by atoms with Crippen molar-refractivity contribution in [2.75, 3.05) is 6.61 Å². The van der Waals surface area contributed by atoms with Crippen molar-refractivity contribution in [3.05, 3.63) is 0 Å². The second kappa shape index (κ2) is 6.65. The SMILES string of the molecule is CC(C)C(C#N)C(=O)CCC1CCCCO1. The summed E-state index contributed by atoms with van der Waals surface area (Å²) in [5.41, 5.74) is 0. The van der Waals surface area contributed by atoms with E-state index in [1.165, 1.54) is 6.42 Å². The van der Waals surface area contributed by atoms with Crippen molar-refractivity contribution < 1.29 is 9.53 Å². The molecule has 0 bridgehead atoms. The maximum atomic E-state index is 11.8. The Balaban J connectivity index is 2.31. The highest BCUT2D eigenvalue weighted by atomic mass is 16.5. The number of carbonyl (C=O) groups is 1. The van der Waals surface area contributed by atoms with Crippen molar-refractivity contribution in [3.8, 4) is 6.07 Å². The lowest BCUT2D eigenvalue weighted by Gasteiger charge is -2.22. The fraction of sp³-hybridized carbons (Fsp3) is 0.846. The summed E-state index contributed by atoms with van der Waals surface area (Å²) in [4.78, 5) is 11.8. The first kappa shape index (κ1) is 13.2. The van der Waals surface area contributed by atoms with E-state index in [9.17, 15) is 4.79 Å². The normalized spacial score (nSPS) is 22.8. The maximum Gasteiger partial charge on any atom is 0.150 e. The van der Waals surface area contributed by atoms with E-state index in [0.717, 1.165) is 25.9 Å². The number of ketones is 1. The molecule has 1 fully saturated rings. The Kier molecular flexibility index (Phi) is 5.48. The van der Waals surface area contributed by atoms with Crippen molar-refractivity contribution in [1.82, 2.24) is 0 Å². The van der Waals surface area contributed by atoms with Crippen LogP contribution in [0.4, 0.5) is 0 Å². The van der Waals surface area contributed by atoms with Crippen LogP contribution in [0.5, 0.6) is 0 Å². The van der Waals surface area contributed by atoms with Crippen molar-refractivity contribution in [2.45, 2.75) is 52.1 Å². The van der Waals surface area contributed by atoms with Crippen LogP contribution < -0.4 is 0 Å². The number of ether oxygens (including phenoxy) is 1. The number of Topliss-reactive ketones (excluding diaryl/α,β-unsaturated/α-hetero) is 1. The highest BCUT2D eigenvalue weighted by Gasteiger charge is 2.23. The molecule has 2 unspecified atom stereocenters. The standard InChI is InChI=1S/C13H21NO2/c1-10(2)12(9-14)13(15)7-6-11-5-3-4-8-16-11/h10-12H,3-8H2,1-2H3. The van der Waals surface area contributed by atoms with Gasteiger partial charge in [0.15, 0.2) is 0 Å². The molecular weight excluding hydrogens is 202 g/mol. The minimum Gasteiger partial charge on any atom is -0.378 e. The monoisotopic (exact) mass is 223 g/mol. The summed E-state index contributed by atoms with van der Waals surface area (Å²) < 4.78 is 5.57. The van der Waals surface area contributed by atoms with Crippen LogP contribution in [0.3, 0.4) is 0 Å². The van der Waals surface area contributed by atoms with E-state index < -0.39 is 5.92 Å². The van der Waals surface area contributed by atoms with Gasteiger partial charge in [-0.1, -0.05) is 13.8 Å². The first-order chi connectivity index (χ1) is 7.65. The third-order valence-corrected chi connectivity index (χ3v) is 3.14. The molecule has 1 rings (SSSR count). The predicted octanol–water partition coefficient (Wildman–Crippen LogP) is 2.70. The Bertz CT molecular complexity index is 262. The summed E-state index contributed by atoms with van der Waals surface area (Å²) in [6.45, 7) is 4.66. The van der Waals surface area contributed by atoms with Gasteiger partial charge in [0.25, 0.3) is 0 Å². The second-order valence-electron chi connectivity index (χ2n) is 4.84. The smallest absolute Gasteiger partial charge is 0.150 e. The molecule has 3 nitrogen and oxygen atoms in total. The molecule has 0 N–H and O–H groups in total. The van der Waals surface area contributed by atoms with Crippen LogP contribution >= 0.6 is 0 Å². The van der Waals surface area contributed by atoms with Gasteiger partial charge in [-0.25, -0.2) is 0 Å². The molecule has 1 aliphatic rings. The van der Waals surface area contributed by atoms with Gasteiger partial charge in [-0.3, -0.25) is 4.79 Å². The lowest BCUT2D eigenvalue weighted by Crippen LogP contribution is -2.23.